The number of fused-ring (bicyclic) bond motifs is 1. The molecule has 3 aromatic carbocycles. The Morgan fingerprint density at radius 1 is 1.04 bits per heavy atom. The number of carbonyl (C=O) groups excluding carboxylic acids is 1. The molecule has 4 rings (SSSR count). The minimum atomic E-state index is -0.433. The number of nitrogens with zero attached hydrogens (tertiary/aromatic N) is 1. The Balaban J connectivity index is 1.68. The Hall–Kier alpha value is -3.05. The molecule has 0 saturated heterocycles. The number of anilines is 1. The first-order valence-electron chi connectivity index (χ1n) is 8.14. The molecule has 1 heterocycles. The van der Waals surface area contributed by atoms with Gasteiger partial charge in [0.1, 0.15) is 10.8 Å². The predicted octanol–water partition coefficient (Wildman–Crippen LogP) is 5.66. The molecule has 26 heavy (non-hydrogen) atoms. The van der Waals surface area contributed by atoms with Crippen molar-refractivity contribution in [1.29, 1.82) is 0 Å². The Kier molecular flexibility index (Phi) is 4.22. The third-order valence-corrected chi connectivity index (χ3v) is 5.26. The van der Waals surface area contributed by atoms with E-state index < -0.39 is 5.82 Å². The summed E-state index contributed by atoms with van der Waals surface area (Å²) >= 11 is 1.62. The monoisotopic (exact) mass is 362 g/mol. The van der Waals surface area contributed by atoms with E-state index in [0.717, 1.165) is 26.4 Å². The number of aromatic nitrogens is 1. The van der Waals surface area contributed by atoms with Gasteiger partial charge in [0, 0.05) is 16.8 Å². The summed E-state index contributed by atoms with van der Waals surface area (Å²) in [5, 5.41) is 3.78. The van der Waals surface area contributed by atoms with E-state index in [1.807, 2.05) is 49.4 Å². The fourth-order valence-corrected chi connectivity index (χ4v) is 3.86. The number of para-hydroxylation sites is 1. The lowest BCUT2D eigenvalue weighted by Crippen LogP contribution is -2.13. The van der Waals surface area contributed by atoms with Crippen LogP contribution in [0.5, 0.6) is 0 Å². The first-order chi connectivity index (χ1) is 12.6. The van der Waals surface area contributed by atoms with Gasteiger partial charge in [-0.3, -0.25) is 4.79 Å². The molecule has 0 radical (unpaired) electrons. The number of amides is 1. The molecule has 1 amide bonds. The van der Waals surface area contributed by atoms with Crippen LogP contribution in [-0.4, -0.2) is 10.9 Å². The van der Waals surface area contributed by atoms with E-state index in [1.165, 1.54) is 18.2 Å². The van der Waals surface area contributed by atoms with Gasteiger partial charge in [-0.2, -0.15) is 0 Å². The Morgan fingerprint density at radius 3 is 2.65 bits per heavy atom. The zero-order valence-corrected chi connectivity index (χ0v) is 14.8. The summed E-state index contributed by atoms with van der Waals surface area (Å²) in [6.45, 7) is 1.95. The molecule has 0 saturated carbocycles. The molecule has 5 heteroatoms. The molecule has 1 aromatic heterocycles. The molecule has 1 N–H and O–H groups in total. The van der Waals surface area contributed by atoms with Crippen LogP contribution in [0.25, 0.3) is 20.8 Å². The van der Waals surface area contributed by atoms with Crippen LogP contribution in [0.4, 0.5) is 10.1 Å². The van der Waals surface area contributed by atoms with Crippen LogP contribution in [0.15, 0.2) is 66.7 Å². The van der Waals surface area contributed by atoms with Crippen LogP contribution in [0.1, 0.15) is 15.9 Å². The summed E-state index contributed by atoms with van der Waals surface area (Å²) in [5.41, 5.74) is 3.84. The van der Waals surface area contributed by atoms with Gasteiger partial charge >= 0.3 is 0 Å². The summed E-state index contributed by atoms with van der Waals surface area (Å²) in [5.74, 6) is -0.772. The molecule has 0 atom stereocenters. The first kappa shape index (κ1) is 16.4. The average Bonchev–Trinajstić information content (AvgIpc) is 3.07. The maximum absolute atomic E-state index is 13.3. The third kappa shape index (κ3) is 3.09. The molecular weight excluding hydrogens is 347 g/mol. The van der Waals surface area contributed by atoms with Crippen molar-refractivity contribution in [3.8, 4) is 10.6 Å². The van der Waals surface area contributed by atoms with Crippen molar-refractivity contribution in [2.75, 3.05) is 5.32 Å². The van der Waals surface area contributed by atoms with Crippen LogP contribution < -0.4 is 5.32 Å². The zero-order chi connectivity index (χ0) is 18.1. The Bertz CT molecular complexity index is 1090. The molecule has 0 spiro atoms. The van der Waals surface area contributed by atoms with Crippen molar-refractivity contribution in [2.24, 2.45) is 0 Å². The normalized spacial score (nSPS) is 10.8. The predicted molar refractivity (Wildman–Crippen MR) is 104 cm³/mol. The van der Waals surface area contributed by atoms with Gasteiger partial charge < -0.3 is 5.32 Å². The fourth-order valence-electron chi connectivity index (χ4n) is 2.81. The van der Waals surface area contributed by atoms with Gasteiger partial charge in [0.05, 0.1) is 10.2 Å². The summed E-state index contributed by atoms with van der Waals surface area (Å²) < 4.78 is 14.5. The maximum atomic E-state index is 13.3. The van der Waals surface area contributed by atoms with Crippen LogP contribution in [-0.2, 0) is 0 Å². The van der Waals surface area contributed by atoms with E-state index in [-0.39, 0.29) is 11.5 Å². The van der Waals surface area contributed by atoms with E-state index in [0.29, 0.717) is 5.69 Å². The number of hydrogen-bond acceptors (Lipinski definition) is 3. The van der Waals surface area contributed by atoms with Gasteiger partial charge in [0.15, 0.2) is 0 Å². The number of hydrogen-bond donors (Lipinski definition) is 1. The van der Waals surface area contributed by atoms with Gasteiger partial charge in [0.25, 0.3) is 5.91 Å². The van der Waals surface area contributed by atoms with Gasteiger partial charge in [-0.25, -0.2) is 9.37 Å². The molecule has 128 valence electrons. The number of nitrogens with one attached hydrogen (secondary N) is 1. The standard InChI is InChI=1S/C21H15FN2OS/c1-13-16(21-24-18-9-2-3-11-19(18)26-21)8-5-10-17(13)23-20(25)14-6-4-7-15(22)12-14/h2-12H,1H3,(H,23,25). The minimum absolute atomic E-state index is 0.287. The summed E-state index contributed by atoms with van der Waals surface area (Å²) in [4.78, 5) is 17.1. The van der Waals surface area contributed by atoms with Crippen LogP contribution in [0.2, 0.25) is 0 Å². The highest BCUT2D eigenvalue weighted by molar-refractivity contribution is 7.21. The highest BCUT2D eigenvalue weighted by atomic mass is 32.1. The number of rotatable bonds is 3. The Morgan fingerprint density at radius 2 is 1.85 bits per heavy atom. The topological polar surface area (TPSA) is 42.0 Å². The van der Waals surface area contributed by atoms with Crippen molar-refractivity contribution in [3.05, 3.63) is 83.7 Å². The van der Waals surface area contributed by atoms with E-state index >= 15 is 0 Å². The van der Waals surface area contributed by atoms with Gasteiger partial charge in [-0.05, 0) is 48.9 Å². The molecule has 0 aliphatic heterocycles. The third-order valence-electron chi connectivity index (χ3n) is 4.19. The molecule has 3 nitrogen and oxygen atoms in total. The molecule has 4 aromatic rings. The number of thiazole rings is 1. The lowest BCUT2D eigenvalue weighted by Gasteiger charge is -2.11. The minimum Gasteiger partial charge on any atom is -0.322 e. The summed E-state index contributed by atoms with van der Waals surface area (Å²) in [6, 6.07) is 19.4. The maximum Gasteiger partial charge on any atom is 0.255 e. The number of carbonyl (C=O) groups is 1. The smallest absolute Gasteiger partial charge is 0.255 e. The van der Waals surface area contributed by atoms with Crippen molar-refractivity contribution in [3.63, 3.8) is 0 Å². The van der Waals surface area contributed by atoms with Gasteiger partial charge in [-0.1, -0.05) is 30.3 Å². The van der Waals surface area contributed by atoms with Crippen LogP contribution in [0.3, 0.4) is 0 Å². The SMILES string of the molecule is Cc1c(NC(=O)c2cccc(F)c2)cccc1-c1nc2ccccc2s1. The van der Waals surface area contributed by atoms with Crippen molar-refractivity contribution in [1.82, 2.24) is 4.98 Å². The fraction of sp³-hybridized carbons (Fsp3) is 0.0476. The second-order valence-electron chi connectivity index (χ2n) is 5.93. The molecular formula is C21H15FN2OS. The Labute approximate surface area is 154 Å². The quantitative estimate of drug-likeness (QED) is 0.511. The van der Waals surface area contributed by atoms with Gasteiger partial charge in [0.2, 0.25) is 0 Å². The van der Waals surface area contributed by atoms with Gasteiger partial charge in [-0.15, -0.1) is 11.3 Å². The van der Waals surface area contributed by atoms with Crippen LogP contribution in [0, 0.1) is 12.7 Å². The lowest BCUT2D eigenvalue weighted by molar-refractivity contribution is 0.102. The highest BCUT2D eigenvalue weighted by Gasteiger charge is 2.13. The van der Waals surface area contributed by atoms with Crippen LogP contribution >= 0.6 is 11.3 Å². The van der Waals surface area contributed by atoms with E-state index in [4.69, 9.17) is 4.98 Å². The molecule has 0 aliphatic rings. The van der Waals surface area contributed by atoms with Crippen molar-refractivity contribution in [2.45, 2.75) is 6.92 Å². The second kappa shape index (κ2) is 6.69. The zero-order valence-electron chi connectivity index (χ0n) is 14.0. The van der Waals surface area contributed by atoms with E-state index in [9.17, 15) is 9.18 Å². The van der Waals surface area contributed by atoms with E-state index in [2.05, 4.69) is 5.32 Å². The second-order valence-corrected chi connectivity index (χ2v) is 6.96. The van der Waals surface area contributed by atoms with Crippen molar-refractivity contribution < 1.29 is 9.18 Å². The average molecular weight is 362 g/mol. The largest absolute Gasteiger partial charge is 0.322 e. The lowest BCUT2D eigenvalue weighted by atomic mass is 10.1. The summed E-state index contributed by atoms with van der Waals surface area (Å²) in [6.07, 6.45) is 0. The number of halogens is 1. The summed E-state index contributed by atoms with van der Waals surface area (Å²) in [7, 11) is 0. The molecule has 0 fully saturated rings. The molecule has 0 aliphatic carbocycles. The molecule has 0 bridgehead atoms. The van der Waals surface area contributed by atoms with Crippen molar-refractivity contribution >= 4 is 33.1 Å². The molecule has 0 unspecified atom stereocenters. The highest BCUT2D eigenvalue weighted by Crippen LogP contribution is 2.34. The number of benzene rings is 3. The first-order valence-corrected chi connectivity index (χ1v) is 8.96. The van der Waals surface area contributed by atoms with E-state index in [1.54, 1.807) is 17.4 Å².